The summed E-state index contributed by atoms with van der Waals surface area (Å²) in [5.74, 6) is 0.824. The maximum absolute atomic E-state index is 8.73. The molecule has 1 aromatic heterocycles. The van der Waals surface area contributed by atoms with Crippen molar-refractivity contribution in [1.29, 1.82) is 5.26 Å². The first kappa shape index (κ1) is 13.1. The molecule has 0 radical (unpaired) electrons. The van der Waals surface area contributed by atoms with Gasteiger partial charge in [-0.3, -0.25) is 0 Å². The van der Waals surface area contributed by atoms with Gasteiger partial charge in [0.1, 0.15) is 0 Å². The minimum atomic E-state index is 0.120. The summed E-state index contributed by atoms with van der Waals surface area (Å²) < 4.78 is 0. The summed E-state index contributed by atoms with van der Waals surface area (Å²) in [5.41, 5.74) is 1.36. The van der Waals surface area contributed by atoms with Crippen molar-refractivity contribution in [3.05, 3.63) is 35.1 Å². The zero-order chi connectivity index (χ0) is 13.8. The number of aromatic nitrogens is 3. The van der Waals surface area contributed by atoms with E-state index in [9.17, 15) is 0 Å². The number of nitrogens with one attached hydrogen (secondary N) is 1. The molecule has 0 aliphatic carbocycles. The quantitative estimate of drug-likeness (QED) is 0.924. The fourth-order valence-electron chi connectivity index (χ4n) is 1.35. The van der Waals surface area contributed by atoms with Crippen LogP contribution in [0.2, 0.25) is 5.28 Å². The van der Waals surface area contributed by atoms with Crippen LogP contribution in [0.1, 0.15) is 5.56 Å². The van der Waals surface area contributed by atoms with Crippen molar-refractivity contribution in [3.63, 3.8) is 0 Å². The van der Waals surface area contributed by atoms with Crippen LogP contribution in [0.4, 0.5) is 17.6 Å². The number of hydrogen-bond acceptors (Lipinski definition) is 6. The van der Waals surface area contributed by atoms with Gasteiger partial charge in [0.15, 0.2) is 0 Å². The Labute approximate surface area is 115 Å². The summed E-state index contributed by atoms with van der Waals surface area (Å²) in [7, 11) is 3.63. The van der Waals surface area contributed by atoms with E-state index in [1.165, 1.54) is 0 Å². The highest BCUT2D eigenvalue weighted by molar-refractivity contribution is 6.28. The molecular weight excluding hydrogens is 264 g/mol. The number of nitriles is 1. The molecule has 0 fully saturated rings. The summed E-state index contributed by atoms with van der Waals surface area (Å²) in [6, 6.07) is 9.01. The number of hydrogen-bond donors (Lipinski definition) is 1. The molecule has 0 amide bonds. The van der Waals surface area contributed by atoms with E-state index in [2.05, 4.69) is 26.3 Å². The highest BCUT2D eigenvalue weighted by atomic mass is 35.5. The lowest BCUT2D eigenvalue weighted by Crippen LogP contribution is -2.14. The third-order valence-electron chi connectivity index (χ3n) is 2.27. The molecule has 96 valence electrons. The summed E-state index contributed by atoms with van der Waals surface area (Å²) in [4.78, 5) is 13.9. The van der Waals surface area contributed by atoms with Crippen LogP contribution in [0, 0.1) is 11.3 Å². The minimum absolute atomic E-state index is 0.120. The largest absolute Gasteiger partial charge is 0.347 e. The molecule has 2 aromatic rings. The van der Waals surface area contributed by atoms with E-state index in [1.807, 2.05) is 14.1 Å². The Bertz CT molecular complexity index is 617. The van der Waals surface area contributed by atoms with Gasteiger partial charge in [0.25, 0.3) is 0 Å². The zero-order valence-corrected chi connectivity index (χ0v) is 11.2. The van der Waals surface area contributed by atoms with Gasteiger partial charge in [-0.2, -0.15) is 20.2 Å². The second-order valence-electron chi connectivity index (χ2n) is 3.94. The summed E-state index contributed by atoms with van der Waals surface area (Å²) >= 11 is 5.84. The van der Waals surface area contributed by atoms with Crippen LogP contribution in [0.15, 0.2) is 24.3 Å². The molecule has 7 heteroatoms. The van der Waals surface area contributed by atoms with Crippen molar-refractivity contribution in [1.82, 2.24) is 15.0 Å². The molecule has 6 nitrogen and oxygen atoms in total. The van der Waals surface area contributed by atoms with Gasteiger partial charge in [-0.05, 0) is 35.9 Å². The van der Waals surface area contributed by atoms with Crippen molar-refractivity contribution in [2.24, 2.45) is 0 Å². The fraction of sp³-hybridized carbons (Fsp3) is 0.167. The molecule has 0 atom stereocenters. The predicted molar refractivity (Wildman–Crippen MR) is 73.6 cm³/mol. The number of nitrogens with zero attached hydrogens (tertiary/aromatic N) is 5. The molecule has 0 bridgehead atoms. The second-order valence-corrected chi connectivity index (χ2v) is 4.27. The van der Waals surface area contributed by atoms with Crippen molar-refractivity contribution in [3.8, 4) is 6.07 Å². The lowest BCUT2D eigenvalue weighted by molar-refractivity contribution is 0.961. The van der Waals surface area contributed by atoms with Crippen LogP contribution in [0.5, 0.6) is 0 Å². The molecule has 1 aromatic carbocycles. The third-order valence-corrected chi connectivity index (χ3v) is 2.44. The number of rotatable bonds is 3. The maximum atomic E-state index is 8.73. The first-order valence-corrected chi connectivity index (χ1v) is 5.82. The van der Waals surface area contributed by atoms with E-state index in [1.54, 1.807) is 29.2 Å². The molecule has 0 unspecified atom stereocenters. The Morgan fingerprint density at radius 2 is 1.84 bits per heavy atom. The normalized spacial score (nSPS) is 9.79. The smallest absolute Gasteiger partial charge is 0.233 e. The minimum Gasteiger partial charge on any atom is -0.347 e. The topological polar surface area (TPSA) is 77.7 Å². The van der Waals surface area contributed by atoms with Gasteiger partial charge < -0.3 is 10.2 Å². The van der Waals surface area contributed by atoms with Crippen molar-refractivity contribution in [2.75, 3.05) is 24.3 Å². The Morgan fingerprint density at radius 3 is 2.42 bits per heavy atom. The zero-order valence-electron chi connectivity index (χ0n) is 10.4. The van der Waals surface area contributed by atoms with Gasteiger partial charge in [-0.15, -0.1) is 0 Å². The van der Waals surface area contributed by atoms with Crippen LogP contribution in [0.3, 0.4) is 0 Å². The summed E-state index contributed by atoms with van der Waals surface area (Å²) in [5, 5.41) is 11.9. The molecular formula is C12H11ClN6. The highest BCUT2D eigenvalue weighted by Gasteiger charge is 2.06. The summed E-state index contributed by atoms with van der Waals surface area (Å²) in [6.45, 7) is 0. The predicted octanol–water partition coefficient (Wildman–Crippen LogP) is 2.21. The van der Waals surface area contributed by atoms with Crippen LogP contribution in [-0.2, 0) is 0 Å². The molecule has 19 heavy (non-hydrogen) atoms. The Balaban J connectivity index is 2.25. The highest BCUT2D eigenvalue weighted by Crippen LogP contribution is 2.17. The Hall–Kier alpha value is -2.39. The van der Waals surface area contributed by atoms with Crippen LogP contribution in [0.25, 0.3) is 0 Å². The van der Waals surface area contributed by atoms with Crippen molar-refractivity contribution >= 4 is 29.2 Å². The monoisotopic (exact) mass is 274 g/mol. The molecule has 0 saturated heterocycles. The van der Waals surface area contributed by atoms with Crippen LogP contribution < -0.4 is 10.2 Å². The first-order chi connectivity index (χ1) is 9.08. The van der Waals surface area contributed by atoms with Gasteiger partial charge in [0.2, 0.25) is 17.2 Å². The van der Waals surface area contributed by atoms with E-state index in [-0.39, 0.29) is 5.28 Å². The van der Waals surface area contributed by atoms with Crippen molar-refractivity contribution in [2.45, 2.75) is 0 Å². The Kier molecular flexibility index (Phi) is 3.78. The van der Waals surface area contributed by atoms with Crippen LogP contribution >= 0.6 is 11.6 Å². The Morgan fingerprint density at radius 1 is 1.16 bits per heavy atom. The van der Waals surface area contributed by atoms with Gasteiger partial charge >= 0.3 is 0 Å². The lowest BCUT2D eigenvalue weighted by Gasteiger charge is -2.11. The molecule has 1 heterocycles. The average Bonchev–Trinajstić information content (AvgIpc) is 2.39. The van der Waals surface area contributed by atoms with Gasteiger partial charge in [0.05, 0.1) is 11.6 Å². The van der Waals surface area contributed by atoms with E-state index in [0.29, 0.717) is 17.5 Å². The number of halogens is 1. The molecule has 0 aliphatic rings. The van der Waals surface area contributed by atoms with E-state index in [0.717, 1.165) is 5.69 Å². The molecule has 1 N–H and O–H groups in total. The number of benzene rings is 1. The molecule has 0 spiro atoms. The second kappa shape index (κ2) is 5.50. The van der Waals surface area contributed by atoms with Crippen molar-refractivity contribution < 1.29 is 0 Å². The van der Waals surface area contributed by atoms with E-state index >= 15 is 0 Å². The molecule has 0 saturated carbocycles. The summed E-state index contributed by atoms with van der Waals surface area (Å²) in [6.07, 6.45) is 0. The standard InChI is InChI=1S/C12H11ClN6/c1-19(2)12-17-10(13)16-11(18-12)15-9-5-3-8(7-14)4-6-9/h3-6H,1-2H3,(H,15,16,17,18). The van der Waals surface area contributed by atoms with Gasteiger partial charge in [-0.1, -0.05) is 0 Å². The van der Waals surface area contributed by atoms with Crippen LogP contribution in [-0.4, -0.2) is 29.0 Å². The van der Waals surface area contributed by atoms with E-state index in [4.69, 9.17) is 16.9 Å². The molecule has 2 rings (SSSR count). The third kappa shape index (κ3) is 3.30. The fourth-order valence-corrected chi connectivity index (χ4v) is 1.51. The average molecular weight is 275 g/mol. The molecule has 0 aliphatic heterocycles. The SMILES string of the molecule is CN(C)c1nc(Cl)nc(Nc2ccc(C#N)cc2)n1. The number of anilines is 3. The maximum Gasteiger partial charge on any atom is 0.233 e. The lowest BCUT2D eigenvalue weighted by atomic mass is 10.2. The van der Waals surface area contributed by atoms with Gasteiger partial charge in [0, 0.05) is 19.8 Å². The first-order valence-electron chi connectivity index (χ1n) is 5.44. The van der Waals surface area contributed by atoms with Gasteiger partial charge in [-0.25, -0.2) is 0 Å². The van der Waals surface area contributed by atoms with E-state index < -0.39 is 0 Å².